The Morgan fingerprint density at radius 1 is 1.26 bits per heavy atom. The van der Waals surface area contributed by atoms with E-state index in [1.165, 1.54) is 5.69 Å². The van der Waals surface area contributed by atoms with Gasteiger partial charge in [-0.05, 0) is 13.8 Å². The van der Waals surface area contributed by atoms with Crippen LogP contribution >= 0.6 is 0 Å². The molecule has 2 fully saturated rings. The molecule has 1 aromatic rings. The van der Waals surface area contributed by atoms with Crippen molar-refractivity contribution in [3.05, 3.63) is 18.2 Å². The number of hydrogen-bond donors (Lipinski definition) is 0. The molecule has 2 saturated heterocycles. The van der Waals surface area contributed by atoms with Crippen molar-refractivity contribution in [2.45, 2.75) is 45.1 Å². The number of hydrogen-bond acceptors (Lipinski definition) is 4. The van der Waals surface area contributed by atoms with Crippen LogP contribution in [0, 0.1) is 0 Å². The molecule has 1 spiro atoms. The van der Waals surface area contributed by atoms with Crippen molar-refractivity contribution < 1.29 is 9.47 Å². The average Bonchev–Trinajstić information content (AvgIpc) is 3.02. The summed E-state index contributed by atoms with van der Waals surface area (Å²) in [5.41, 5.74) is 1.29. The number of piperidine rings is 1. The Morgan fingerprint density at radius 3 is 2.58 bits per heavy atom. The summed E-state index contributed by atoms with van der Waals surface area (Å²) in [6.07, 6.45) is 5.85. The van der Waals surface area contributed by atoms with Crippen LogP contribution < -0.4 is 0 Å². The van der Waals surface area contributed by atoms with Crippen LogP contribution in [0.5, 0.6) is 0 Å². The van der Waals surface area contributed by atoms with Gasteiger partial charge in [0.2, 0.25) is 0 Å². The largest absolute Gasteiger partial charge is 0.347 e. The monoisotopic (exact) mass is 265 g/mol. The Morgan fingerprint density at radius 2 is 1.95 bits per heavy atom. The van der Waals surface area contributed by atoms with E-state index >= 15 is 0 Å². The van der Waals surface area contributed by atoms with E-state index in [1.54, 1.807) is 0 Å². The quantitative estimate of drug-likeness (QED) is 0.835. The Hall–Kier alpha value is -0.910. The maximum atomic E-state index is 5.76. The third-order valence-corrected chi connectivity index (χ3v) is 4.12. The molecule has 0 bridgehead atoms. The van der Waals surface area contributed by atoms with E-state index < -0.39 is 0 Å². The van der Waals surface area contributed by atoms with Gasteiger partial charge in [0.15, 0.2) is 5.79 Å². The van der Waals surface area contributed by atoms with Gasteiger partial charge in [0.25, 0.3) is 0 Å². The molecule has 106 valence electrons. The normalized spacial score (nSPS) is 23.5. The highest BCUT2D eigenvalue weighted by Crippen LogP contribution is 2.31. The van der Waals surface area contributed by atoms with E-state index in [-0.39, 0.29) is 5.79 Å². The Labute approximate surface area is 114 Å². The van der Waals surface area contributed by atoms with Crippen molar-refractivity contribution >= 4 is 0 Å². The fraction of sp³-hybridized carbons (Fsp3) is 0.786. The van der Waals surface area contributed by atoms with Crippen molar-refractivity contribution in [3.8, 4) is 0 Å². The van der Waals surface area contributed by atoms with Crippen LogP contribution in [0.3, 0.4) is 0 Å². The second kappa shape index (κ2) is 5.23. The molecular weight excluding hydrogens is 242 g/mol. The highest BCUT2D eigenvalue weighted by Gasteiger charge is 2.39. The first-order valence-corrected chi connectivity index (χ1v) is 7.19. The molecule has 5 heteroatoms. The molecule has 0 radical (unpaired) electrons. The molecule has 2 aliphatic rings. The number of nitrogens with zero attached hydrogens (tertiary/aromatic N) is 3. The number of aromatic nitrogens is 2. The molecule has 0 aromatic carbocycles. The molecule has 5 nitrogen and oxygen atoms in total. The molecule has 0 amide bonds. The molecule has 3 rings (SSSR count). The van der Waals surface area contributed by atoms with Gasteiger partial charge in [-0.2, -0.15) is 0 Å². The lowest BCUT2D eigenvalue weighted by molar-refractivity contribution is -0.185. The summed E-state index contributed by atoms with van der Waals surface area (Å²) >= 11 is 0. The summed E-state index contributed by atoms with van der Waals surface area (Å²) in [6, 6.07) is 0.468. The van der Waals surface area contributed by atoms with Gasteiger partial charge < -0.3 is 14.0 Å². The van der Waals surface area contributed by atoms with Gasteiger partial charge in [0.1, 0.15) is 0 Å². The third-order valence-electron chi connectivity index (χ3n) is 4.12. The average molecular weight is 265 g/mol. The summed E-state index contributed by atoms with van der Waals surface area (Å²) in [7, 11) is 0. The van der Waals surface area contributed by atoms with Gasteiger partial charge in [-0.15, -0.1) is 0 Å². The Kier molecular flexibility index (Phi) is 3.60. The van der Waals surface area contributed by atoms with E-state index in [1.807, 2.05) is 12.5 Å². The van der Waals surface area contributed by atoms with Gasteiger partial charge >= 0.3 is 0 Å². The first-order valence-electron chi connectivity index (χ1n) is 7.19. The smallest absolute Gasteiger partial charge is 0.170 e. The zero-order valence-electron chi connectivity index (χ0n) is 11.8. The lowest BCUT2D eigenvalue weighted by Crippen LogP contribution is -2.44. The van der Waals surface area contributed by atoms with Crippen molar-refractivity contribution in [3.63, 3.8) is 0 Å². The van der Waals surface area contributed by atoms with Gasteiger partial charge in [-0.3, -0.25) is 4.90 Å². The number of imidazole rings is 1. The number of likely N-dealkylation sites (tertiary alicyclic amines) is 1. The van der Waals surface area contributed by atoms with Gasteiger partial charge in [-0.25, -0.2) is 4.98 Å². The van der Waals surface area contributed by atoms with Crippen LogP contribution in [0.4, 0.5) is 0 Å². The molecule has 3 heterocycles. The number of ether oxygens (including phenoxy) is 2. The van der Waals surface area contributed by atoms with E-state index in [2.05, 4.69) is 28.3 Å². The lowest BCUT2D eigenvalue weighted by Gasteiger charge is -2.37. The molecule has 0 saturated carbocycles. The van der Waals surface area contributed by atoms with E-state index in [0.29, 0.717) is 6.04 Å². The molecule has 0 N–H and O–H groups in total. The second-order valence-corrected chi connectivity index (χ2v) is 5.77. The van der Waals surface area contributed by atoms with Crippen LogP contribution in [-0.2, 0) is 16.0 Å². The molecule has 19 heavy (non-hydrogen) atoms. The van der Waals surface area contributed by atoms with Crippen molar-refractivity contribution in [2.75, 3.05) is 26.3 Å². The van der Waals surface area contributed by atoms with Crippen molar-refractivity contribution in [1.29, 1.82) is 0 Å². The maximum Gasteiger partial charge on any atom is 0.170 e. The van der Waals surface area contributed by atoms with E-state index in [0.717, 1.165) is 45.7 Å². The molecule has 0 atom stereocenters. The summed E-state index contributed by atoms with van der Waals surface area (Å²) in [6.45, 7) is 8.91. The zero-order valence-corrected chi connectivity index (χ0v) is 11.8. The Balaban J connectivity index is 1.58. The standard InChI is InChI=1S/C14H23N3O2/c1-12(2)17-11-15-9-13(17)10-16-5-3-14(4-6-16)18-7-8-19-14/h9,11-12H,3-8,10H2,1-2H3. The first-order chi connectivity index (χ1) is 9.19. The molecule has 0 unspecified atom stereocenters. The highest BCUT2D eigenvalue weighted by molar-refractivity contribution is 5.00. The first kappa shape index (κ1) is 13.1. The highest BCUT2D eigenvalue weighted by atomic mass is 16.7. The fourth-order valence-corrected chi connectivity index (χ4v) is 2.99. The van der Waals surface area contributed by atoms with Crippen LogP contribution in [0.2, 0.25) is 0 Å². The van der Waals surface area contributed by atoms with Crippen LogP contribution in [0.1, 0.15) is 38.4 Å². The Bertz CT molecular complexity index is 414. The summed E-state index contributed by atoms with van der Waals surface area (Å²) in [5.74, 6) is -0.269. The fourth-order valence-electron chi connectivity index (χ4n) is 2.99. The molecule has 2 aliphatic heterocycles. The maximum absolute atomic E-state index is 5.76. The van der Waals surface area contributed by atoms with Crippen LogP contribution in [0.15, 0.2) is 12.5 Å². The summed E-state index contributed by atoms with van der Waals surface area (Å²) < 4.78 is 13.8. The van der Waals surface area contributed by atoms with Gasteiger partial charge in [0, 0.05) is 44.7 Å². The minimum Gasteiger partial charge on any atom is -0.347 e. The summed E-state index contributed by atoms with van der Waals surface area (Å²) in [4.78, 5) is 6.73. The summed E-state index contributed by atoms with van der Waals surface area (Å²) in [5, 5.41) is 0. The third kappa shape index (κ3) is 2.68. The molecular formula is C14H23N3O2. The predicted molar refractivity (Wildman–Crippen MR) is 71.8 cm³/mol. The van der Waals surface area contributed by atoms with E-state index in [9.17, 15) is 0 Å². The number of rotatable bonds is 3. The van der Waals surface area contributed by atoms with Gasteiger partial charge in [0.05, 0.1) is 25.2 Å². The SMILES string of the molecule is CC(C)n1cncc1CN1CCC2(CC1)OCCO2. The van der Waals surface area contributed by atoms with Crippen LogP contribution in [0.25, 0.3) is 0 Å². The zero-order chi connectivity index (χ0) is 13.3. The predicted octanol–water partition coefficient (Wildman–Crippen LogP) is 1.80. The molecule has 1 aromatic heterocycles. The van der Waals surface area contributed by atoms with Crippen molar-refractivity contribution in [1.82, 2.24) is 14.5 Å². The van der Waals surface area contributed by atoms with Crippen molar-refractivity contribution in [2.24, 2.45) is 0 Å². The lowest BCUT2D eigenvalue weighted by atomic mass is 10.0. The topological polar surface area (TPSA) is 39.5 Å². The minimum atomic E-state index is -0.269. The van der Waals surface area contributed by atoms with Crippen LogP contribution in [-0.4, -0.2) is 46.5 Å². The van der Waals surface area contributed by atoms with E-state index in [4.69, 9.17) is 9.47 Å². The molecule has 0 aliphatic carbocycles. The minimum absolute atomic E-state index is 0.269. The second-order valence-electron chi connectivity index (χ2n) is 5.77. The van der Waals surface area contributed by atoms with Gasteiger partial charge in [-0.1, -0.05) is 0 Å².